The Hall–Kier alpha value is -0.840. The topological polar surface area (TPSA) is 29.1 Å². The highest BCUT2D eigenvalue weighted by atomic mass is 79.9. The van der Waals surface area contributed by atoms with Gasteiger partial charge in [0.2, 0.25) is 5.91 Å². The minimum Gasteiger partial charge on any atom is -0.325 e. The van der Waals surface area contributed by atoms with Crippen molar-refractivity contribution < 1.29 is 4.79 Å². The Balaban J connectivity index is 2.11. The van der Waals surface area contributed by atoms with Crippen LogP contribution >= 0.6 is 43.5 Å². The molecule has 0 heterocycles. The number of hydrogen-bond donors (Lipinski definition) is 1. The fourth-order valence-electron chi connectivity index (χ4n) is 1.87. The smallest absolute Gasteiger partial charge is 0.239 e. The van der Waals surface area contributed by atoms with Gasteiger partial charge in [-0.05, 0) is 30.2 Å². The van der Waals surface area contributed by atoms with Gasteiger partial charge in [0, 0.05) is 10.7 Å². The summed E-state index contributed by atoms with van der Waals surface area (Å²) in [6, 6.07) is 15.2. The molecule has 110 valence electrons. The first-order chi connectivity index (χ1) is 9.99. The van der Waals surface area contributed by atoms with E-state index in [1.807, 2.05) is 43.3 Å². The number of halogens is 3. The summed E-state index contributed by atoms with van der Waals surface area (Å²) >= 11 is 13.0. The highest BCUT2D eigenvalue weighted by Crippen LogP contribution is 2.32. The van der Waals surface area contributed by atoms with Crippen LogP contribution < -0.4 is 5.32 Å². The molecule has 0 bridgehead atoms. The van der Waals surface area contributed by atoms with Crippen molar-refractivity contribution in [2.75, 3.05) is 5.32 Å². The Morgan fingerprint density at radius 1 is 1.14 bits per heavy atom. The molecule has 0 radical (unpaired) electrons. The number of carbonyl (C=O) groups excluding carboxylic acids is 1. The summed E-state index contributed by atoms with van der Waals surface area (Å²) in [4.78, 5) is 11.9. The van der Waals surface area contributed by atoms with Crippen LogP contribution in [0.5, 0.6) is 0 Å². The Bertz CT molecular complexity index is 633. The van der Waals surface area contributed by atoms with Crippen molar-refractivity contribution in [2.24, 2.45) is 0 Å². The highest BCUT2D eigenvalue weighted by Gasteiger charge is 2.25. The fourth-order valence-corrected chi connectivity index (χ4v) is 3.01. The van der Waals surface area contributed by atoms with Gasteiger partial charge in [-0.15, -0.1) is 0 Å². The molecule has 2 unspecified atom stereocenters. The molecule has 21 heavy (non-hydrogen) atoms. The normalized spacial score (nSPS) is 13.5. The van der Waals surface area contributed by atoms with Crippen molar-refractivity contribution in [3.63, 3.8) is 0 Å². The molecule has 0 spiro atoms. The summed E-state index contributed by atoms with van der Waals surface area (Å²) in [5.41, 5.74) is 2.74. The van der Waals surface area contributed by atoms with Gasteiger partial charge in [0.1, 0.15) is 4.83 Å². The molecule has 2 aromatic carbocycles. The highest BCUT2D eigenvalue weighted by molar-refractivity contribution is 9.12. The molecule has 5 heteroatoms. The third-order valence-electron chi connectivity index (χ3n) is 3.08. The van der Waals surface area contributed by atoms with Crippen LogP contribution in [0.15, 0.2) is 48.5 Å². The van der Waals surface area contributed by atoms with E-state index in [1.165, 1.54) is 0 Å². The summed E-state index contributed by atoms with van der Waals surface area (Å²) in [7, 11) is 0. The number of amides is 1. The van der Waals surface area contributed by atoms with Gasteiger partial charge >= 0.3 is 0 Å². The average Bonchev–Trinajstić information content (AvgIpc) is 2.50. The van der Waals surface area contributed by atoms with Gasteiger partial charge in [0.05, 0.1) is 4.83 Å². The van der Waals surface area contributed by atoms with Crippen molar-refractivity contribution in [1.82, 2.24) is 0 Å². The van der Waals surface area contributed by atoms with Gasteiger partial charge in [0.25, 0.3) is 0 Å². The van der Waals surface area contributed by atoms with Crippen LogP contribution in [-0.4, -0.2) is 10.7 Å². The molecular formula is C16H14Br2ClNO. The summed E-state index contributed by atoms with van der Waals surface area (Å²) in [6.07, 6.45) is 0. The lowest BCUT2D eigenvalue weighted by atomic mass is 10.1. The van der Waals surface area contributed by atoms with Crippen LogP contribution in [0.1, 0.15) is 16.0 Å². The van der Waals surface area contributed by atoms with Crippen molar-refractivity contribution >= 4 is 55.1 Å². The zero-order valence-corrected chi connectivity index (χ0v) is 15.2. The lowest BCUT2D eigenvalue weighted by molar-refractivity contribution is -0.115. The third-order valence-corrected chi connectivity index (χ3v) is 6.03. The van der Waals surface area contributed by atoms with Crippen LogP contribution in [0.4, 0.5) is 5.69 Å². The van der Waals surface area contributed by atoms with E-state index in [4.69, 9.17) is 11.6 Å². The van der Waals surface area contributed by atoms with Crippen molar-refractivity contribution in [2.45, 2.75) is 16.6 Å². The van der Waals surface area contributed by atoms with Gasteiger partial charge < -0.3 is 5.32 Å². The minimum absolute atomic E-state index is 0.113. The van der Waals surface area contributed by atoms with Gasteiger partial charge in [-0.25, -0.2) is 0 Å². The zero-order chi connectivity index (χ0) is 15.4. The van der Waals surface area contributed by atoms with E-state index in [0.717, 1.165) is 16.8 Å². The van der Waals surface area contributed by atoms with Crippen molar-refractivity contribution in [3.8, 4) is 0 Å². The number of anilines is 1. The van der Waals surface area contributed by atoms with Crippen LogP contribution in [0, 0.1) is 6.92 Å². The van der Waals surface area contributed by atoms with E-state index in [-0.39, 0.29) is 10.7 Å². The van der Waals surface area contributed by atoms with E-state index in [1.54, 1.807) is 12.1 Å². The lowest BCUT2D eigenvalue weighted by Crippen LogP contribution is -2.26. The fraction of sp³-hybridized carbons (Fsp3) is 0.188. The Morgan fingerprint density at radius 2 is 1.81 bits per heavy atom. The van der Waals surface area contributed by atoms with E-state index < -0.39 is 4.83 Å². The number of nitrogens with one attached hydrogen (secondary N) is 1. The number of alkyl halides is 2. The first-order valence-corrected chi connectivity index (χ1v) is 8.60. The predicted octanol–water partition coefficient (Wildman–Crippen LogP) is 5.49. The second-order valence-corrected chi connectivity index (χ2v) is 7.07. The quantitative estimate of drug-likeness (QED) is 0.638. The molecule has 0 saturated heterocycles. The lowest BCUT2D eigenvalue weighted by Gasteiger charge is -2.18. The summed E-state index contributed by atoms with van der Waals surface area (Å²) in [5.74, 6) is -0.119. The maximum absolute atomic E-state index is 12.4. The van der Waals surface area contributed by atoms with Crippen molar-refractivity contribution in [3.05, 3.63) is 64.7 Å². The number of benzene rings is 2. The largest absolute Gasteiger partial charge is 0.325 e. The Kier molecular flexibility index (Phi) is 5.85. The average molecular weight is 432 g/mol. The van der Waals surface area contributed by atoms with E-state index in [0.29, 0.717) is 5.02 Å². The third kappa shape index (κ3) is 4.31. The maximum atomic E-state index is 12.4. The molecule has 1 amide bonds. The first-order valence-electron chi connectivity index (χ1n) is 6.39. The molecule has 0 saturated carbocycles. The van der Waals surface area contributed by atoms with Gasteiger partial charge in [0.15, 0.2) is 0 Å². The molecular weight excluding hydrogens is 417 g/mol. The van der Waals surface area contributed by atoms with E-state index >= 15 is 0 Å². The second kappa shape index (κ2) is 7.43. The molecule has 2 atom stereocenters. The monoisotopic (exact) mass is 429 g/mol. The summed E-state index contributed by atoms with van der Waals surface area (Å²) in [6.45, 7) is 1.93. The minimum atomic E-state index is -0.390. The molecule has 0 aliphatic carbocycles. The van der Waals surface area contributed by atoms with E-state index in [9.17, 15) is 4.79 Å². The summed E-state index contributed by atoms with van der Waals surface area (Å²) < 4.78 is 0. The van der Waals surface area contributed by atoms with Crippen LogP contribution in [0.3, 0.4) is 0 Å². The number of rotatable bonds is 4. The predicted molar refractivity (Wildman–Crippen MR) is 95.6 cm³/mol. The van der Waals surface area contributed by atoms with E-state index in [2.05, 4.69) is 37.2 Å². The maximum Gasteiger partial charge on any atom is 0.239 e. The second-order valence-electron chi connectivity index (χ2n) is 4.66. The summed E-state index contributed by atoms with van der Waals surface area (Å²) in [5, 5.41) is 3.50. The number of hydrogen-bond acceptors (Lipinski definition) is 1. The van der Waals surface area contributed by atoms with Crippen molar-refractivity contribution in [1.29, 1.82) is 0 Å². The molecule has 0 aromatic heterocycles. The molecule has 2 aromatic rings. The van der Waals surface area contributed by atoms with Gasteiger partial charge in [-0.2, -0.15) is 0 Å². The molecule has 0 aliphatic heterocycles. The molecule has 0 fully saturated rings. The number of carbonyl (C=O) groups is 1. The molecule has 2 nitrogen and oxygen atoms in total. The van der Waals surface area contributed by atoms with Gasteiger partial charge in [-0.3, -0.25) is 4.79 Å². The van der Waals surface area contributed by atoms with Gasteiger partial charge in [-0.1, -0.05) is 79.9 Å². The first kappa shape index (κ1) is 16.5. The Morgan fingerprint density at radius 3 is 2.48 bits per heavy atom. The van der Waals surface area contributed by atoms with Crippen LogP contribution in [-0.2, 0) is 4.79 Å². The molecule has 2 rings (SSSR count). The van der Waals surface area contributed by atoms with Crippen LogP contribution in [0.25, 0.3) is 0 Å². The SMILES string of the molecule is Cc1ccc(Cl)cc1NC(=O)C(Br)C(Br)c1ccccc1. The Labute approximate surface area is 146 Å². The standard InChI is InChI=1S/C16H14Br2ClNO/c1-10-7-8-12(19)9-13(10)20-16(21)15(18)14(17)11-5-3-2-4-6-11/h2-9,14-15H,1H3,(H,20,21). The van der Waals surface area contributed by atoms with Crippen LogP contribution in [0.2, 0.25) is 5.02 Å². The number of aryl methyl sites for hydroxylation is 1. The molecule has 0 aliphatic rings. The zero-order valence-electron chi connectivity index (χ0n) is 11.3. The molecule has 1 N–H and O–H groups in total.